The van der Waals surface area contributed by atoms with E-state index in [1.54, 1.807) is 6.92 Å². The van der Waals surface area contributed by atoms with Gasteiger partial charge in [-0.15, -0.1) is 0 Å². The molecule has 0 bridgehead atoms. The Morgan fingerprint density at radius 3 is 2.87 bits per heavy atom. The minimum Gasteiger partial charge on any atom is -0.383 e. The zero-order valence-electron chi connectivity index (χ0n) is 13.8. The average Bonchev–Trinajstić information content (AvgIpc) is 3.02. The molecule has 1 aliphatic rings. The van der Waals surface area contributed by atoms with E-state index in [0.717, 1.165) is 32.4 Å². The smallest absolute Gasteiger partial charge is 0.342 e. The number of rotatable bonds is 8. The summed E-state index contributed by atoms with van der Waals surface area (Å²) in [5.74, 6) is 0.535. The summed E-state index contributed by atoms with van der Waals surface area (Å²) in [6, 6.07) is 0. The van der Waals surface area contributed by atoms with E-state index in [-0.39, 0.29) is 18.3 Å². The van der Waals surface area contributed by atoms with Crippen LogP contribution in [0.5, 0.6) is 0 Å². The van der Waals surface area contributed by atoms with Crippen LogP contribution in [0.15, 0.2) is 6.20 Å². The van der Waals surface area contributed by atoms with Gasteiger partial charge in [-0.3, -0.25) is 4.48 Å². The highest BCUT2D eigenvalue weighted by atomic mass is 16.6. The summed E-state index contributed by atoms with van der Waals surface area (Å²) in [4.78, 5) is 26.8. The van der Waals surface area contributed by atoms with Gasteiger partial charge in [0.25, 0.3) is 0 Å². The normalized spacial score (nSPS) is 22.5. The topological polar surface area (TPSA) is 98.3 Å². The molecule has 1 amide bonds. The van der Waals surface area contributed by atoms with Crippen molar-refractivity contribution in [2.75, 3.05) is 19.6 Å². The van der Waals surface area contributed by atoms with Gasteiger partial charge in [-0.2, -0.15) is 0 Å². The first-order chi connectivity index (χ1) is 10.9. The van der Waals surface area contributed by atoms with Crippen LogP contribution in [0.3, 0.4) is 0 Å². The maximum atomic E-state index is 12.3. The number of likely N-dealkylation sites (tertiary alicyclic amines) is 1. The Hall–Kier alpha value is -1.80. The Morgan fingerprint density at radius 1 is 1.57 bits per heavy atom. The minimum absolute atomic E-state index is 0.0849. The van der Waals surface area contributed by atoms with E-state index in [2.05, 4.69) is 11.9 Å². The molecule has 2 atom stereocenters. The molecule has 8 heteroatoms. The summed E-state index contributed by atoms with van der Waals surface area (Å²) in [7, 11) is 0. The van der Waals surface area contributed by atoms with Crippen LogP contribution in [0.2, 0.25) is 0 Å². The van der Waals surface area contributed by atoms with Crippen molar-refractivity contribution in [3.8, 4) is 0 Å². The Bertz CT molecular complexity index is 586. The third-order valence-corrected chi connectivity index (χ3v) is 4.62. The molecule has 23 heavy (non-hydrogen) atoms. The van der Waals surface area contributed by atoms with E-state index < -0.39 is 11.0 Å². The number of amides is 1. The number of hydrogen-bond donors (Lipinski definition) is 1. The molecule has 2 heterocycles. The summed E-state index contributed by atoms with van der Waals surface area (Å²) in [5, 5.41) is 21.5. The van der Waals surface area contributed by atoms with E-state index in [9.17, 15) is 20.0 Å². The number of nitro groups is 1. The van der Waals surface area contributed by atoms with E-state index in [0.29, 0.717) is 23.3 Å². The summed E-state index contributed by atoms with van der Waals surface area (Å²) in [5.41, 5.74) is 0. The number of quaternary nitrogens is 1. The fourth-order valence-electron chi connectivity index (χ4n) is 3.38. The number of nitrogens with zero attached hydrogens (tertiary/aromatic N) is 4. The van der Waals surface area contributed by atoms with Crippen LogP contribution in [0, 0.1) is 17.0 Å². The van der Waals surface area contributed by atoms with Gasteiger partial charge in [-0.25, -0.2) is 14.3 Å². The van der Waals surface area contributed by atoms with Crippen molar-refractivity contribution >= 4 is 11.7 Å². The number of hydrogen-bond acceptors (Lipinski definition) is 5. The van der Waals surface area contributed by atoms with Crippen LogP contribution < -0.4 is 0 Å². The van der Waals surface area contributed by atoms with Crippen LogP contribution >= 0.6 is 0 Å². The Morgan fingerprint density at radius 2 is 2.30 bits per heavy atom. The number of carbonyl (C=O) groups is 1. The number of aromatic nitrogens is 2. The van der Waals surface area contributed by atoms with Crippen molar-refractivity contribution in [3.05, 3.63) is 22.1 Å². The molecule has 1 aromatic rings. The highest BCUT2D eigenvalue weighted by molar-refractivity contribution is 5.70. The Kier molecular flexibility index (Phi) is 5.48. The van der Waals surface area contributed by atoms with Crippen molar-refractivity contribution in [2.45, 2.75) is 52.2 Å². The molecule has 0 saturated carbocycles. The quantitative estimate of drug-likeness (QED) is 0.442. The van der Waals surface area contributed by atoms with Gasteiger partial charge in [0.05, 0.1) is 19.5 Å². The van der Waals surface area contributed by atoms with Gasteiger partial charge in [0, 0.05) is 13.3 Å². The average molecular weight is 325 g/mol. The number of unbranched alkanes of at least 4 members (excludes halogenated alkanes) is 1. The fraction of sp³-hybridized carbons (Fsp3) is 0.733. The molecule has 0 aliphatic carbocycles. The SMILES string of the molecule is CCCC[N+]1(CC(O)Cn2c([N+](=O)[O-])cnc2C)CCCC1=O. The second kappa shape index (κ2) is 7.18. The molecule has 1 saturated heterocycles. The van der Waals surface area contributed by atoms with Crippen LogP contribution in [0.4, 0.5) is 5.82 Å². The number of imidazole rings is 1. The first-order valence-corrected chi connectivity index (χ1v) is 8.13. The predicted molar refractivity (Wildman–Crippen MR) is 83.6 cm³/mol. The summed E-state index contributed by atoms with van der Waals surface area (Å²) >= 11 is 0. The first kappa shape index (κ1) is 17.6. The van der Waals surface area contributed by atoms with Crippen molar-refractivity contribution in [3.63, 3.8) is 0 Å². The predicted octanol–water partition coefficient (Wildman–Crippen LogP) is 1.40. The van der Waals surface area contributed by atoms with Gasteiger partial charge >= 0.3 is 11.7 Å². The van der Waals surface area contributed by atoms with Crippen molar-refractivity contribution in [2.24, 2.45) is 0 Å². The lowest BCUT2D eigenvalue weighted by Crippen LogP contribution is -2.54. The van der Waals surface area contributed by atoms with E-state index >= 15 is 0 Å². The van der Waals surface area contributed by atoms with Crippen molar-refractivity contribution < 1.29 is 19.3 Å². The molecule has 128 valence electrons. The van der Waals surface area contributed by atoms with Gasteiger partial charge in [0.1, 0.15) is 25.4 Å². The zero-order valence-corrected chi connectivity index (χ0v) is 13.8. The molecule has 8 nitrogen and oxygen atoms in total. The third kappa shape index (κ3) is 3.76. The van der Waals surface area contributed by atoms with E-state index in [4.69, 9.17) is 0 Å². The maximum Gasteiger partial charge on any atom is 0.342 e. The lowest BCUT2D eigenvalue weighted by molar-refractivity contribution is -0.850. The summed E-state index contributed by atoms with van der Waals surface area (Å²) in [6.07, 6.45) is 3.71. The van der Waals surface area contributed by atoms with Crippen molar-refractivity contribution in [1.82, 2.24) is 9.55 Å². The number of aliphatic hydroxyl groups is 1. The molecular formula is C15H25N4O4+. The van der Waals surface area contributed by atoms with Gasteiger partial charge in [0.15, 0.2) is 5.82 Å². The minimum atomic E-state index is -0.819. The number of aliphatic hydroxyl groups excluding tert-OH is 1. The number of carbonyl (C=O) groups excluding carboxylic acids is 1. The second-order valence-corrected chi connectivity index (χ2v) is 6.31. The van der Waals surface area contributed by atoms with Crippen molar-refractivity contribution in [1.29, 1.82) is 0 Å². The van der Waals surface area contributed by atoms with Gasteiger partial charge in [-0.1, -0.05) is 13.3 Å². The summed E-state index contributed by atoms with van der Waals surface area (Å²) in [6.45, 7) is 5.63. The van der Waals surface area contributed by atoms with Crippen LogP contribution in [-0.4, -0.2) is 55.7 Å². The third-order valence-electron chi connectivity index (χ3n) is 4.62. The van der Waals surface area contributed by atoms with E-state index in [1.807, 2.05) is 0 Å². The lowest BCUT2D eigenvalue weighted by atomic mass is 10.2. The van der Waals surface area contributed by atoms with Crippen LogP contribution in [0.25, 0.3) is 0 Å². The molecule has 1 N–H and O–H groups in total. The molecule has 1 aliphatic heterocycles. The molecule has 0 spiro atoms. The fourth-order valence-corrected chi connectivity index (χ4v) is 3.38. The molecular weight excluding hydrogens is 300 g/mol. The molecule has 0 radical (unpaired) electrons. The highest BCUT2D eigenvalue weighted by Gasteiger charge is 2.42. The molecule has 1 fully saturated rings. The largest absolute Gasteiger partial charge is 0.383 e. The van der Waals surface area contributed by atoms with Gasteiger partial charge in [-0.05, 0) is 11.3 Å². The molecule has 0 aromatic carbocycles. The molecule has 2 rings (SSSR count). The first-order valence-electron chi connectivity index (χ1n) is 8.13. The summed E-state index contributed by atoms with van der Waals surface area (Å²) < 4.78 is 1.71. The molecule has 2 unspecified atom stereocenters. The second-order valence-electron chi connectivity index (χ2n) is 6.31. The Balaban J connectivity index is 2.11. The Labute approximate surface area is 135 Å². The lowest BCUT2D eigenvalue weighted by Gasteiger charge is -2.33. The highest BCUT2D eigenvalue weighted by Crippen LogP contribution is 2.24. The number of aryl methyl sites for hydroxylation is 1. The van der Waals surface area contributed by atoms with Gasteiger partial charge in [0.2, 0.25) is 0 Å². The van der Waals surface area contributed by atoms with Gasteiger partial charge < -0.3 is 15.2 Å². The zero-order chi connectivity index (χ0) is 17.0. The maximum absolute atomic E-state index is 12.3. The van der Waals surface area contributed by atoms with Crippen LogP contribution in [0.1, 0.15) is 38.4 Å². The standard InChI is InChI=1S/C15H25N4O4/c1-3-4-7-19(8-5-6-15(19)21)11-13(20)10-17-12(2)16-9-14(17)18(22)23/h9,13,20H,3-8,10-11H2,1-2H3/q+1. The van der Waals surface area contributed by atoms with E-state index in [1.165, 1.54) is 10.8 Å². The monoisotopic (exact) mass is 325 g/mol. The van der Waals surface area contributed by atoms with Crippen LogP contribution in [-0.2, 0) is 11.3 Å². The molecule has 1 aromatic heterocycles.